The first-order valence-corrected chi connectivity index (χ1v) is 8.47. The van der Waals surface area contributed by atoms with E-state index in [4.69, 9.17) is 5.73 Å². The predicted octanol–water partition coefficient (Wildman–Crippen LogP) is 2.05. The largest absolute Gasteiger partial charge is 0.366 e. The van der Waals surface area contributed by atoms with Gasteiger partial charge in [0.15, 0.2) is 0 Å². The number of rotatable bonds is 3. The van der Waals surface area contributed by atoms with E-state index in [1.54, 1.807) is 0 Å². The van der Waals surface area contributed by atoms with Gasteiger partial charge in [0.1, 0.15) is 5.82 Å². The van der Waals surface area contributed by atoms with Gasteiger partial charge in [0.05, 0.1) is 0 Å². The Labute approximate surface area is 146 Å². The first-order chi connectivity index (χ1) is 12.1. The van der Waals surface area contributed by atoms with Crippen LogP contribution in [-0.2, 0) is 0 Å². The van der Waals surface area contributed by atoms with Gasteiger partial charge in [-0.15, -0.1) is 0 Å². The van der Waals surface area contributed by atoms with Crippen molar-refractivity contribution in [1.82, 2.24) is 15.3 Å². The minimum Gasteiger partial charge on any atom is -0.366 e. The smallest absolute Gasteiger partial charge is 0.249 e. The molecule has 2 aromatic heterocycles. The number of nitrogens with two attached hydrogens (primary N) is 1. The van der Waals surface area contributed by atoms with Crippen LogP contribution in [-0.4, -0.2) is 42.1 Å². The Kier molecular flexibility index (Phi) is 3.89. The number of primary amides is 1. The molecule has 3 heterocycles. The number of carbonyl (C=O) groups excluding carboxylic acids is 1. The number of benzene rings is 1. The summed E-state index contributed by atoms with van der Waals surface area (Å²) in [7, 11) is 0. The number of nitrogens with one attached hydrogen (secondary N) is 2. The van der Waals surface area contributed by atoms with Crippen LogP contribution in [0.5, 0.6) is 0 Å². The monoisotopic (exact) mass is 335 g/mol. The second kappa shape index (κ2) is 6.22. The summed E-state index contributed by atoms with van der Waals surface area (Å²) in [6, 6.07) is 7.98. The lowest BCUT2D eigenvalue weighted by molar-refractivity contribution is 0.100. The number of piperazine rings is 1. The molecule has 1 aromatic carbocycles. The molecule has 0 radical (unpaired) electrons. The van der Waals surface area contributed by atoms with Crippen molar-refractivity contribution >= 4 is 22.6 Å². The van der Waals surface area contributed by atoms with Gasteiger partial charge in [-0.05, 0) is 42.3 Å². The number of anilines is 1. The van der Waals surface area contributed by atoms with Gasteiger partial charge < -0.3 is 20.9 Å². The first kappa shape index (κ1) is 15.7. The molecule has 1 aliphatic heterocycles. The van der Waals surface area contributed by atoms with Crippen molar-refractivity contribution in [2.24, 2.45) is 5.73 Å². The summed E-state index contributed by atoms with van der Waals surface area (Å²) in [5.74, 6) is 0.567. The normalized spacial score (nSPS) is 14.8. The van der Waals surface area contributed by atoms with Crippen molar-refractivity contribution in [3.05, 3.63) is 47.8 Å². The van der Waals surface area contributed by atoms with Gasteiger partial charge in [0.25, 0.3) is 0 Å². The number of H-pyrrole nitrogens is 1. The fraction of sp³-hybridized carbons (Fsp3) is 0.263. The number of hydrogen-bond acceptors (Lipinski definition) is 4. The SMILES string of the molecule is Cc1c[nH]c2cc(-c3ccc(N4CCNCC4)nc3)cc(C(N)=O)c12. The Morgan fingerprint density at radius 3 is 2.68 bits per heavy atom. The van der Waals surface area contributed by atoms with Gasteiger partial charge >= 0.3 is 0 Å². The standard InChI is InChI=1S/C19H21N5O/c1-12-10-22-16-9-14(8-15(18(12)16)19(20)25)13-2-3-17(23-11-13)24-6-4-21-5-7-24/h2-3,8-11,21-22H,4-7H2,1H3,(H2,20,25). The number of nitrogens with zero attached hydrogens (tertiary/aromatic N) is 2. The third-order valence-corrected chi connectivity index (χ3v) is 4.76. The average Bonchev–Trinajstić information content (AvgIpc) is 3.03. The van der Waals surface area contributed by atoms with Gasteiger partial charge in [-0.2, -0.15) is 0 Å². The number of hydrogen-bond donors (Lipinski definition) is 3. The van der Waals surface area contributed by atoms with Crippen LogP contribution in [0.1, 0.15) is 15.9 Å². The maximum atomic E-state index is 11.9. The maximum absolute atomic E-state index is 11.9. The lowest BCUT2D eigenvalue weighted by Crippen LogP contribution is -2.43. The highest BCUT2D eigenvalue weighted by Gasteiger charge is 2.15. The molecule has 4 N–H and O–H groups in total. The van der Waals surface area contributed by atoms with Gasteiger partial charge in [0, 0.05) is 60.6 Å². The van der Waals surface area contributed by atoms with Crippen molar-refractivity contribution in [3.8, 4) is 11.1 Å². The number of amides is 1. The molecule has 0 atom stereocenters. The zero-order valence-electron chi connectivity index (χ0n) is 14.2. The van der Waals surface area contributed by atoms with E-state index in [1.165, 1.54) is 0 Å². The van der Waals surface area contributed by atoms with Crippen LogP contribution in [0.15, 0.2) is 36.7 Å². The Morgan fingerprint density at radius 2 is 2.00 bits per heavy atom. The molecule has 25 heavy (non-hydrogen) atoms. The van der Waals surface area contributed by atoms with Crippen LogP contribution >= 0.6 is 0 Å². The molecular formula is C19H21N5O. The Bertz CT molecular complexity index is 923. The molecule has 6 heteroatoms. The molecule has 4 rings (SSSR count). The van der Waals surface area contributed by atoms with Crippen LogP contribution in [0, 0.1) is 6.92 Å². The van der Waals surface area contributed by atoms with Gasteiger partial charge in [-0.1, -0.05) is 0 Å². The average molecular weight is 335 g/mol. The molecule has 1 amide bonds. The van der Waals surface area contributed by atoms with E-state index in [0.717, 1.165) is 59.6 Å². The van der Waals surface area contributed by atoms with Crippen molar-refractivity contribution in [1.29, 1.82) is 0 Å². The van der Waals surface area contributed by atoms with Crippen LogP contribution in [0.3, 0.4) is 0 Å². The Hall–Kier alpha value is -2.86. The molecule has 128 valence electrons. The van der Waals surface area contributed by atoms with E-state index in [-0.39, 0.29) is 0 Å². The van der Waals surface area contributed by atoms with Crippen LogP contribution < -0.4 is 16.0 Å². The van der Waals surface area contributed by atoms with Gasteiger partial charge in [-0.3, -0.25) is 4.79 Å². The highest BCUT2D eigenvalue weighted by Crippen LogP contribution is 2.29. The summed E-state index contributed by atoms with van der Waals surface area (Å²) in [5.41, 5.74) is 9.96. The zero-order chi connectivity index (χ0) is 17.4. The van der Waals surface area contributed by atoms with E-state index in [1.807, 2.05) is 43.6 Å². The Balaban J connectivity index is 1.73. The summed E-state index contributed by atoms with van der Waals surface area (Å²) in [6.45, 7) is 5.86. The van der Waals surface area contributed by atoms with E-state index < -0.39 is 5.91 Å². The molecule has 0 aliphatic carbocycles. The van der Waals surface area contributed by atoms with Crippen LogP contribution in [0.2, 0.25) is 0 Å². The topological polar surface area (TPSA) is 87.0 Å². The lowest BCUT2D eigenvalue weighted by Gasteiger charge is -2.28. The molecular weight excluding hydrogens is 314 g/mol. The second-order valence-corrected chi connectivity index (χ2v) is 6.42. The molecule has 3 aromatic rings. The van der Waals surface area contributed by atoms with Gasteiger partial charge in [-0.25, -0.2) is 4.98 Å². The molecule has 0 spiro atoms. The summed E-state index contributed by atoms with van der Waals surface area (Å²) in [4.78, 5) is 22.0. The lowest BCUT2D eigenvalue weighted by atomic mass is 9.99. The number of aromatic amines is 1. The van der Waals surface area contributed by atoms with Crippen molar-refractivity contribution in [2.75, 3.05) is 31.1 Å². The van der Waals surface area contributed by atoms with Crippen molar-refractivity contribution < 1.29 is 4.79 Å². The molecule has 1 fully saturated rings. The highest BCUT2D eigenvalue weighted by molar-refractivity contribution is 6.08. The number of aryl methyl sites for hydroxylation is 1. The molecule has 0 bridgehead atoms. The second-order valence-electron chi connectivity index (χ2n) is 6.42. The van der Waals surface area contributed by atoms with E-state index in [0.29, 0.717) is 5.56 Å². The number of carbonyl (C=O) groups is 1. The first-order valence-electron chi connectivity index (χ1n) is 8.47. The quantitative estimate of drug-likeness (QED) is 0.684. The van der Waals surface area contributed by atoms with E-state index in [9.17, 15) is 4.79 Å². The van der Waals surface area contributed by atoms with Crippen molar-refractivity contribution in [2.45, 2.75) is 6.92 Å². The third kappa shape index (κ3) is 2.85. The summed E-state index contributed by atoms with van der Waals surface area (Å²) >= 11 is 0. The highest BCUT2D eigenvalue weighted by atomic mass is 16.1. The number of fused-ring (bicyclic) bond motifs is 1. The molecule has 0 unspecified atom stereocenters. The summed E-state index contributed by atoms with van der Waals surface area (Å²) in [6.07, 6.45) is 3.76. The summed E-state index contributed by atoms with van der Waals surface area (Å²) < 4.78 is 0. The number of aromatic nitrogens is 2. The van der Waals surface area contributed by atoms with E-state index in [2.05, 4.69) is 20.2 Å². The summed E-state index contributed by atoms with van der Waals surface area (Å²) in [5, 5.41) is 4.23. The maximum Gasteiger partial charge on any atom is 0.249 e. The molecule has 0 saturated carbocycles. The zero-order valence-corrected chi connectivity index (χ0v) is 14.2. The molecule has 6 nitrogen and oxygen atoms in total. The van der Waals surface area contributed by atoms with E-state index >= 15 is 0 Å². The molecule has 1 aliphatic rings. The van der Waals surface area contributed by atoms with Crippen LogP contribution in [0.25, 0.3) is 22.0 Å². The third-order valence-electron chi connectivity index (χ3n) is 4.76. The minimum absolute atomic E-state index is 0.417. The molecule has 1 saturated heterocycles. The van der Waals surface area contributed by atoms with Crippen LogP contribution in [0.4, 0.5) is 5.82 Å². The minimum atomic E-state index is -0.417. The fourth-order valence-electron chi connectivity index (χ4n) is 3.44. The Morgan fingerprint density at radius 1 is 1.20 bits per heavy atom. The fourth-order valence-corrected chi connectivity index (χ4v) is 3.44. The number of pyridine rings is 1. The predicted molar refractivity (Wildman–Crippen MR) is 99.9 cm³/mol. The van der Waals surface area contributed by atoms with Gasteiger partial charge in [0.2, 0.25) is 5.91 Å². The van der Waals surface area contributed by atoms with Crippen molar-refractivity contribution in [3.63, 3.8) is 0 Å².